The maximum atomic E-state index is 12.4. The molecule has 0 bridgehead atoms. The summed E-state index contributed by atoms with van der Waals surface area (Å²) in [4.78, 5) is 28.5. The monoisotopic (exact) mass is 421 g/mol. The number of fused-ring (bicyclic) bond motifs is 1. The van der Waals surface area contributed by atoms with Gasteiger partial charge in [0.25, 0.3) is 5.91 Å². The molecule has 160 valence electrons. The summed E-state index contributed by atoms with van der Waals surface area (Å²) in [5.41, 5.74) is 10.2. The molecule has 2 N–H and O–H groups in total. The largest absolute Gasteiger partial charge is 0.469 e. The average Bonchev–Trinajstić information content (AvgIpc) is 3.35. The average molecular weight is 421 g/mol. The Bertz CT molecular complexity index is 1140. The van der Waals surface area contributed by atoms with Crippen LogP contribution < -0.4 is 15.2 Å². The summed E-state index contributed by atoms with van der Waals surface area (Å²) >= 11 is 0. The number of primary amides is 1. The maximum absolute atomic E-state index is 12.4. The first-order chi connectivity index (χ1) is 15.0. The molecule has 0 atom stereocenters. The fraction of sp³-hybridized carbons (Fsp3) is 0.261. The van der Waals surface area contributed by atoms with E-state index in [4.69, 9.17) is 19.9 Å². The molecule has 8 heteroatoms. The summed E-state index contributed by atoms with van der Waals surface area (Å²) in [6.07, 6.45) is 3.91. The standard InChI is InChI=1S/C23H23N3O5/c1-14-21(23(24)28)22(16-4-3-9-25-11-16)17(6-8-20(27)29-2)26(14)12-15-5-7-18-19(10-15)31-13-30-18/h3-5,7,9-11H,6,8,12-13H2,1-2H3,(H2,24,28). The van der Waals surface area contributed by atoms with Gasteiger partial charge in [-0.25, -0.2) is 0 Å². The lowest BCUT2D eigenvalue weighted by Gasteiger charge is -2.14. The lowest BCUT2D eigenvalue weighted by Crippen LogP contribution is -2.13. The molecular formula is C23H23N3O5. The molecule has 1 amide bonds. The Morgan fingerprint density at radius 2 is 2.03 bits per heavy atom. The third kappa shape index (κ3) is 3.96. The van der Waals surface area contributed by atoms with Gasteiger partial charge in [-0.15, -0.1) is 0 Å². The molecule has 31 heavy (non-hydrogen) atoms. The van der Waals surface area contributed by atoms with E-state index in [1.807, 2.05) is 35.8 Å². The summed E-state index contributed by atoms with van der Waals surface area (Å²) < 4.78 is 17.7. The third-order valence-corrected chi connectivity index (χ3v) is 5.40. The number of carbonyl (C=O) groups excluding carboxylic acids is 2. The molecule has 0 radical (unpaired) electrons. The maximum Gasteiger partial charge on any atom is 0.305 e. The lowest BCUT2D eigenvalue weighted by atomic mass is 9.99. The number of aromatic nitrogens is 2. The first-order valence-corrected chi connectivity index (χ1v) is 9.87. The van der Waals surface area contributed by atoms with Gasteiger partial charge in [-0.05, 0) is 37.1 Å². The number of ether oxygens (including phenoxy) is 3. The molecule has 3 heterocycles. The highest BCUT2D eigenvalue weighted by Crippen LogP contribution is 2.36. The molecule has 0 saturated heterocycles. The van der Waals surface area contributed by atoms with Crippen molar-refractivity contribution in [1.82, 2.24) is 9.55 Å². The van der Waals surface area contributed by atoms with E-state index in [0.29, 0.717) is 35.6 Å². The Hall–Kier alpha value is -3.81. The summed E-state index contributed by atoms with van der Waals surface area (Å²) in [5.74, 6) is 0.528. The van der Waals surface area contributed by atoms with Crippen LogP contribution in [0.2, 0.25) is 0 Å². The van der Waals surface area contributed by atoms with Crippen LogP contribution in [0.5, 0.6) is 11.5 Å². The molecule has 1 aliphatic heterocycles. The van der Waals surface area contributed by atoms with Gasteiger partial charge in [-0.3, -0.25) is 14.6 Å². The smallest absolute Gasteiger partial charge is 0.305 e. The number of hydrogen-bond acceptors (Lipinski definition) is 6. The van der Waals surface area contributed by atoms with Crippen LogP contribution >= 0.6 is 0 Å². The van der Waals surface area contributed by atoms with Crippen LogP contribution in [0, 0.1) is 6.92 Å². The Balaban J connectivity index is 1.84. The van der Waals surface area contributed by atoms with Crippen LogP contribution in [0.3, 0.4) is 0 Å². The topological polar surface area (TPSA) is 106 Å². The minimum atomic E-state index is -0.528. The molecule has 8 nitrogen and oxygen atoms in total. The van der Waals surface area contributed by atoms with Crippen molar-refractivity contribution in [3.8, 4) is 22.6 Å². The van der Waals surface area contributed by atoms with E-state index in [9.17, 15) is 9.59 Å². The number of hydrogen-bond donors (Lipinski definition) is 1. The van der Waals surface area contributed by atoms with Gasteiger partial charge in [-0.1, -0.05) is 12.1 Å². The zero-order chi connectivity index (χ0) is 22.0. The zero-order valence-corrected chi connectivity index (χ0v) is 17.4. The van der Waals surface area contributed by atoms with E-state index in [1.165, 1.54) is 7.11 Å². The highest BCUT2D eigenvalue weighted by Gasteiger charge is 2.26. The predicted molar refractivity (Wildman–Crippen MR) is 113 cm³/mol. The van der Waals surface area contributed by atoms with Crippen LogP contribution in [0.4, 0.5) is 0 Å². The van der Waals surface area contributed by atoms with Gasteiger partial charge in [0.2, 0.25) is 6.79 Å². The van der Waals surface area contributed by atoms with Crippen LogP contribution in [-0.2, 0) is 22.5 Å². The zero-order valence-electron chi connectivity index (χ0n) is 17.4. The van der Waals surface area contributed by atoms with Gasteiger partial charge in [0.05, 0.1) is 19.1 Å². The number of benzene rings is 1. The molecule has 1 aliphatic rings. The van der Waals surface area contributed by atoms with Crippen LogP contribution in [0.25, 0.3) is 11.1 Å². The van der Waals surface area contributed by atoms with Crippen molar-refractivity contribution in [1.29, 1.82) is 0 Å². The Kier molecular flexibility index (Phi) is 5.62. The van der Waals surface area contributed by atoms with E-state index in [2.05, 4.69) is 4.98 Å². The van der Waals surface area contributed by atoms with Crippen molar-refractivity contribution in [2.24, 2.45) is 5.73 Å². The lowest BCUT2D eigenvalue weighted by molar-refractivity contribution is -0.140. The molecule has 0 spiro atoms. The SMILES string of the molecule is COC(=O)CCc1c(-c2cccnc2)c(C(N)=O)c(C)n1Cc1ccc2c(c1)OCO2. The van der Waals surface area contributed by atoms with Gasteiger partial charge in [0.15, 0.2) is 11.5 Å². The first-order valence-electron chi connectivity index (χ1n) is 9.87. The predicted octanol–water partition coefficient (Wildman–Crippen LogP) is 2.84. The highest BCUT2D eigenvalue weighted by atomic mass is 16.7. The number of nitrogens with zero attached hydrogens (tertiary/aromatic N) is 2. The molecule has 0 fully saturated rings. The van der Waals surface area contributed by atoms with Gasteiger partial charge in [0, 0.05) is 41.5 Å². The molecule has 0 unspecified atom stereocenters. The number of rotatable bonds is 7. The number of esters is 1. The second kappa shape index (κ2) is 8.51. The summed E-state index contributed by atoms with van der Waals surface area (Å²) in [6.45, 7) is 2.52. The quantitative estimate of drug-likeness (QED) is 0.588. The minimum Gasteiger partial charge on any atom is -0.469 e. The van der Waals surface area contributed by atoms with Crippen LogP contribution in [-0.4, -0.2) is 35.3 Å². The normalized spacial score (nSPS) is 12.1. The Morgan fingerprint density at radius 3 is 2.74 bits per heavy atom. The van der Waals surface area contributed by atoms with E-state index in [1.54, 1.807) is 18.5 Å². The summed E-state index contributed by atoms with van der Waals surface area (Å²) in [5, 5.41) is 0. The van der Waals surface area contributed by atoms with Crippen molar-refractivity contribution < 1.29 is 23.8 Å². The van der Waals surface area contributed by atoms with Crippen LogP contribution in [0.15, 0.2) is 42.7 Å². The third-order valence-electron chi connectivity index (χ3n) is 5.40. The van der Waals surface area contributed by atoms with Crippen molar-refractivity contribution in [3.05, 3.63) is 65.2 Å². The van der Waals surface area contributed by atoms with Gasteiger partial charge < -0.3 is 24.5 Å². The molecule has 3 aromatic rings. The van der Waals surface area contributed by atoms with E-state index in [0.717, 1.165) is 22.5 Å². The van der Waals surface area contributed by atoms with Crippen molar-refractivity contribution >= 4 is 11.9 Å². The molecule has 4 rings (SSSR count). The second-order valence-electron chi connectivity index (χ2n) is 7.24. The van der Waals surface area contributed by atoms with Gasteiger partial charge >= 0.3 is 5.97 Å². The van der Waals surface area contributed by atoms with Crippen molar-refractivity contribution in [3.63, 3.8) is 0 Å². The second-order valence-corrected chi connectivity index (χ2v) is 7.24. The summed E-state index contributed by atoms with van der Waals surface area (Å²) in [6, 6.07) is 9.40. The number of nitrogens with two attached hydrogens (primary N) is 1. The Morgan fingerprint density at radius 1 is 1.23 bits per heavy atom. The number of pyridine rings is 1. The van der Waals surface area contributed by atoms with E-state index < -0.39 is 5.91 Å². The van der Waals surface area contributed by atoms with Gasteiger partial charge in [-0.2, -0.15) is 0 Å². The van der Waals surface area contributed by atoms with Crippen molar-refractivity contribution in [2.45, 2.75) is 26.3 Å². The molecule has 1 aromatic carbocycles. The van der Waals surface area contributed by atoms with E-state index in [-0.39, 0.29) is 19.2 Å². The fourth-order valence-corrected chi connectivity index (χ4v) is 3.94. The number of methoxy groups -OCH3 is 1. The van der Waals surface area contributed by atoms with Gasteiger partial charge in [0.1, 0.15) is 0 Å². The summed E-state index contributed by atoms with van der Waals surface area (Å²) in [7, 11) is 1.36. The number of carbonyl (C=O) groups is 2. The molecule has 0 saturated carbocycles. The Labute approximate surface area is 179 Å². The molecular weight excluding hydrogens is 398 g/mol. The molecule has 2 aromatic heterocycles. The number of amides is 1. The fourth-order valence-electron chi connectivity index (χ4n) is 3.94. The highest BCUT2D eigenvalue weighted by molar-refractivity contribution is 6.02. The first kappa shape index (κ1) is 20.5. The minimum absolute atomic E-state index is 0.173. The van der Waals surface area contributed by atoms with Crippen molar-refractivity contribution in [2.75, 3.05) is 13.9 Å². The van der Waals surface area contributed by atoms with Crippen LogP contribution in [0.1, 0.15) is 33.7 Å². The molecule has 0 aliphatic carbocycles. The van der Waals surface area contributed by atoms with E-state index >= 15 is 0 Å².